The number of benzene rings is 1. The molecule has 1 aliphatic heterocycles. The Morgan fingerprint density at radius 2 is 1.79 bits per heavy atom. The Balaban J connectivity index is 2.17. The van der Waals surface area contributed by atoms with E-state index in [4.69, 9.17) is 5.73 Å². The highest BCUT2D eigenvalue weighted by atomic mass is 32.2. The van der Waals surface area contributed by atoms with Crippen LogP contribution in [0.15, 0.2) is 29.2 Å². The van der Waals surface area contributed by atoms with Crippen molar-refractivity contribution in [1.82, 2.24) is 9.21 Å². The van der Waals surface area contributed by atoms with Gasteiger partial charge in [-0.2, -0.15) is 4.31 Å². The lowest BCUT2D eigenvalue weighted by Gasteiger charge is -2.34. The Bertz CT molecular complexity index is 535. The molecule has 106 valence electrons. The third-order valence-electron chi connectivity index (χ3n) is 3.69. The Kier molecular flexibility index (Phi) is 4.13. The lowest BCUT2D eigenvalue weighted by Crippen LogP contribution is -2.44. The summed E-state index contributed by atoms with van der Waals surface area (Å²) in [7, 11) is 0.611. The molecule has 1 fully saturated rings. The van der Waals surface area contributed by atoms with Gasteiger partial charge in [0.2, 0.25) is 10.0 Å². The van der Waals surface area contributed by atoms with E-state index < -0.39 is 10.0 Å². The number of para-hydroxylation sites is 1. The molecule has 0 spiro atoms. The maximum absolute atomic E-state index is 12.5. The monoisotopic (exact) mass is 283 g/mol. The highest BCUT2D eigenvalue weighted by Crippen LogP contribution is 2.25. The van der Waals surface area contributed by atoms with Gasteiger partial charge < -0.3 is 10.6 Å². The molecule has 1 aliphatic rings. The molecule has 1 saturated heterocycles. The van der Waals surface area contributed by atoms with E-state index in [1.807, 2.05) is 14.1 Å². The van der Waals surface area contributed by atoms with Crippen LogP contribution in [0.3, 0.4) is 0 Å². The number of nitrogens with zero attached hydrogens (tertiary/aromatic N) is 2. The average molecular weight is 283 g/mol. The maximum atomic E-state index is 12.5. The van der Waals surface area contributed by atoms with Crippen LogP contribution in [0.5, 0.6) is 0 Å². The predicted octanol–water partition coefficient (Wildman–Crippen LogP) is 0.983. The Morgan fingerprint density at radius 1 is 1.21 bits per heavy atom. The molecule has 0 radical (unpaired) electrons. The first-order valence-electron chi connectivity index (χ1n) is 6.44. The third kappa shape index (κ3) is 2.91. The molecular formula is C13H21N3O2S. The van der Waals surface area contributed by atoms with Crippen molar-refractivity contribution in [2.75, 3.05) is 32.9 Å². The van der Waals surface area contributed by atoms with Gasteiger partial charge in [-0.15, -0.1) is 0 Å². The van der Waals surface area contributed by atoms with Crippen molar-refractivity contribution in [3.63, 3.8) is 0 Å². The van der Waals surface area contributed by atoms with Gasteiger partial charge in [-0.3, -0.25) is 0 Å². The summed E-state index contributed by atoms with van der Waals surface area (Å²) < 4.78 is 26.6. The second kappa shape index (κ2) is 5.48. The van der Waals surface area contributed by atoms with Gasteiger partial charge in [-0.05, 0) is 39.1 Å². The molecule has 0 atom stereocenters. The first-order chi connectivity index (χ1) is 8.93. The van der Waals surface area contributed by atoms with Gasteiger partial charge >= 0.3 is 0 Å². The molecule has 2 rings (SSSR count). The van der Waals surface area contributed by atoms with Gasteiger partial charge in [0.15, 0.2) is 0 Å². The number of sulfonamides is 1. The van der Waals surface area contributed by atoms with E-state index in [1.54, 1.807) is 28.6 Å². The summed E-state index contributed by atoms with van der Waals surface area (Å²) in [6.07, 6.45) is 1.72. The van der Waals surface area contributed by atoms with E-state index in [2.05, 4.69) is 4.90 Å². The van der Waals surface area contributed by atoms with Gasteiger partial charge in [0.25, 0.3) is 0 Å². The molecule has 0 amide bonds. The molecular weight excluding hydrogens is 262 g/mol. The van der Waals surface area contributed by atoms with Crippen LogP contribution in [0, 0.1) is 0 Å². The van der Waals surface area contributed by atoms with E-state index in [9.17, 15) is 8.42 Å². The second-order valence-electron chi connectivity index (χ2n) is 5.14. The van der Waals surface area contributed by atoms with Gasteiger partial charge in [0.1, 0.15) is 4.90 Å². The number of nitrogen functional groups attached to an aromatic ring is 1. The van der Waals surface area contributed by atoms with E-state index >= 15 is 0 Å². The van der Waals surface area contributed by atoms with Crippen molar-refractivity contribution in [2.24, 2.45) is 0 Å². The highest BCUT2D eigenvalue weighted by molar-refractivity contribution is 7.89. The summed E-state index contributed by atoms with van der Waals surface area (Å²) in [5.74, 6) is 0. The first kappa shape index (κ1) is 14.3. The van der Waals surface area contributed by atoms with Crippen LogP contribution in [0.1, 0.15) is 12.8 Å². The lowest BCUT2D eigenvalue weighted by molar-refractivity contribution is 0.196. The maximum Gasteiger partial charge on any atom is 0.245 e. The van der Waals surface area contributed by atoms with Crippen LogP contribution in [0.4, 0.5) is 5.69 Å². The first-order valence-corrected chi connectivity index (χ1v) is 7.88. The van der Waals surface area contributed by atoms with Crippen molar-refractivity contribution >= 4 is 15.7 Å². The number of hydrogen-bond acceptors (Lipinski definition) is 4. The summed E-state index contributed by atoms with van der Waals surface area (Å²) >= 11 is 0. The minimum Gasteiger partial charge on any atom is -0.398 e. The SMILES string of the molecule is CN(C)C1CCN(S(=O)(=O)c2ccccc2N)CC1. The minimum atomic E-state index is -3.45. The molecule has 1 aromatic carbocycles. The Morgan fingerprint density at radius 3 is 2.32 bits per heavy atom. The van der Waals surface area contributed by atoms with E-state index in [0.717, 1.165) is 12.8 Å². The number of piperidine rings is 1. The lowest BCUT2D eigenvalue weighted by atomic mass is 10.1. The standard InChI is InChI=1S/C13H21N3O2S/c1-15(2)11-7-9-16(10-8-11)19(17,18)13-6-4-3-5-12(13)14/h3-6,11H,7-10,14H2,1-2H3. The van der Waals surface area contributed by atoms with Crippen molar-refractivity contribution < 1.29 is 8.42 Å². The van der Waals surface area contributed by atoms with Crippen LogP contribution in [-0.2, 0) is 10.0 Å². The third-order valence-corrected chi connectivity index (χ3v) is 5.66. The normalized spacial score (nSPS) is 18.9. The molecule has 19 heavy (non-hydrogen) atoms. The molecule has 0 aromatic heterocycles. The minimum absolute atomic E-state index is 0.221. The van der Waals surface area contributed by atoms with Crippen LogP contribution in [0.2, 0.25) is 0 Å². The van der Waals surface area contributed by atoms with Gasteiger partial charge in [-0.25, -0.2) is 8.42 Å². The van der Waals surface area contributed by atoms with Crippen LogP contribution >= 0.6 is 0 Å². The van der Waals surface area contributed by atoms with Crippen molar-refractivity contribution in [2.45, 2.75) is 23.8 Å². The smallest absolute Gasteiger partial charge is 0.245 e. The van der Waals surface area contributed by atoms with Crippen molar-refractivity contribution in [3.8, 4) is 0 Å². The van der Waals surface area contributed by atoms with Gasteiger partial charge in [0.05, 0.1) is 5.69 Å². The molecule has 1 heterocycles. The number of rotatable bonds is 3. The highest BCUT2D eigenvalue weighted by Gasteiger charge is 2.30. The molecule has 6 heteroatoms. The predicted molar refractivity (Wildman–Crippen MR) is 76.3 cm³/mol. The second-order valence-corrected chi connectivity index (χ2v) is 7.04. The quantitative estimate of drug-likeness (QED) is 0.840. The summed E-state index contributed by atoms with van der Waals surface area (Å²) in [6.45, 7) is 1.11. The van der Waals surface area contributed by atoms with Crippen LogP contribution < -0.4 is 5.73 Å². The molecule has 0 unspecified atom stereocenters. The van der Waals surface area contributed by atoms with Crippen molar-refractivity contribution in [3.05, 3.63) is 24.3 Å². The van der Waals surface area contributed by atoms with E-state index in [-0.39, 0.29) is 4.90 Å². The molecule has 0 aliphatic carbocycles. The fourth-order valence-corrected chi connectivity index (χ4v) is 4.04. The average Bonchev–Trinajstić information content (AvgIpc) is 2.39. The fourth-order valence-electron chi connectivity index (χ4n) is 2.45. The summed E-state index contributed by atoms with van der Waals surface area (Å²) in [5, 5.41) is 0. The van der Waals surface area contributed by atoms with Crippen molar-refractivity contribution in [1.29, 1.82) is 0 Å². The zero-order valence-corrected chi connectivity index (χ0v) is 12.2. The summed E-state index contributed by atoms with van der Waals surface area (Å²) in [4.78, 5) is 2.37. The Labute approximate surface area is 115 Å². The van der Waals surface area contributed by atoms with Crippen LogP contribution in [0.25, 0.3) is 0 Å². The molecule has 0 bridgehead atoms. The van der Waals surface area contributed by atoms with Gasteiger partial charge in [-0.1, -0.05) is 12.1 Å². The molecule has 2 N–H and O–H groups in total. The molecule has 1 aromatic rings. The van der Waals surface area contributed by atoms with Crippen LogP contribution in [-0.4, -0.2) is 50.8 Å². The zero-order valence-electron chi connectivity index (χ0n) is 11.4. The number of nitrogens with two attached hydrogens (primary N) is 1. The Hall–Kier alpha value is -1.11. The summed E-state index contributed by atoms with van der Waals surface area (Å²) in [6, 6.07) is 7.10. The van der Waals surface area contributed by atoms with E-state index in [1.165, 1.54) is 0 Å². The van der Waals surface area contributed by atoms with E-state index in [0.29, 0.717) is 24.8 Å². The molecule has 0 saturated carbocycles. The zero-order chi connectivity index (χ0) is 14.0. The molecule has 5 nitrogen and oxygen atoms in total. The number of anilines is 1. The van der Waals surface area contributed by atoms with Gasteiger partial charge in [0, 0.05) is 19.1 Å². The fraction of sp³-hybridized carbons (Fsp3) is 0.538. The summed E-state index contributed by atoms with van der Waals surface area (Å²) in [5.41, 5.74) is 6.09. The topological polar surface area (TPSA) is 66.6 Å². The largest absolute Gasteiger partial charge is 0.398 e. The number of hydrogen-bond donors (Lipinski definition) is 1.